The largest absolute Gasteiger partial charge is 0.391 e. The van der Waals surface area contributed by atoms with Gasteiger partial charge in [-0.15, -0.1) is 0 Å². The van der Waals surface area contributed by atoms with Crippen molar-refractivity contribution in [3.63, 3.8) is 0 Å². The molecule has 48 heavy (non-hydrogen) atoms. The van der Waals surface area contributed by atoms with E-state index in [-0.39, 0.29) is 24.3 Å². The number of benzene rings is 3. The smallest absolute Gasteiger partial charge is 0.246 e. The van der Waals surface area contributed by atoms with Crippen LogP contribution >= 0.6 is 0 Å². The van der Waals surface area contributed by atoms with Gasteiger partial charge in [-0.1, -0.05) is 108 Å². The average Bonchev–Trinajstić information content (AvgIpc) is 3.06. The van der Waals surface area contributed by atoms with Crippen molar-refractivity contribution in [2.24, 2.45) is 5.73 Å². The van der Waals surface area contributed by atoms with Gasteiger partial charge in [-0.05, 0) is 65.5 Å². The minimum atomic E-state index is -0.758. The number of aliphatic hydroxyl groups excluding tert-OH is 1. The molecule has 0 aromatic heterocycles. The monoisotopic (exact) mass is 656 g/mol. The van der Waals surface area contributed by atoms with E-state index in [1.807, 2.05) is 80.6 Å². The molecule has 3 N–H and O–H groups in total. The Kier molecular flexibility index (Phi) is 16.8. The Morgan fingerprint density at radius 2 is 1.40 bits per heavy atom. The number of aryl methyl sites for hydroxylation is 2. The SMILES string of the molecule is C[C@H](C(=O)N(C)[C@H](Cc1ccccc1)C(=O)N1CCCC(O)C1)N(C)C(=O)/C=C/CC(C)(C)N.Cc1ccccc1.Cc1ccccc1. The third-order valence-electron chi connectivity index (χ3n) is 8.15. The molecule has 1 aliphatic heterocycles. The summed E-state index contributed by atoms with van der Waals surface area (Å²) >= 11 is 0. The summed E-state index contributed by atoms with van der Waals surface area (Å²) in [6, 6.07) is 28.6. The highest BCUT2D eigenvalue weighted by molar-refractivity contribution is 5.94. The van der Waals surface area contributed by atoms with Crippen molar-refractivity contribution in [3.05, 3.63) is 120 Å². The maximum absolute atomic E-state index is 13.5. The highest BCUT2D eigenvalue weighted by Crippen LogP contribution is 2.18. The summed E-state index contributed by atoms with van der Waals surface area (Å²) in [6.45, 7) is 10.4. The molecule has 0 saturated carbocycles. The van der Waals surface area contributed by atoms with Crippen LogP contribution in [0.3, 0.4) is 0 Å². The standard InChI is InChI=1S/C26H40N4O4.2C7H8/c1-19(28(4)23(32)14-9-15-26(2,3)27)24(33)29(5)22(17-20-11-7-6-8-12-20)25(34)30-16-10-13-21(31)18-30;2*1-7-5-3-2-4-6-7/h6-9,11-12,14,19,21-22,31H,10,13,15-18,27H2,1-5H3;2*2-6H,1H3/b14-9+;;/t19-,21?,22-;;/m1../s1. The van der Waals surface area contributed by atoms with Gasteiger partial charge in [0.15, 0.2) is 0 Å². The van der Waals surface area contributed by atoms with Crippen molar-refractivity contribution >= 4 is 17.7 Å². The van der Waals surface area contributed by atoms with Crippen molar-refractivity contribution in [1.29, 1.82) is 0 Å². The first-order chi connectivity index (χ1) is 22.7. The Labute approximate surface area is 288 Å². The fourth-order valence-electron chi connectivity index (χ4n) is 5.05. The van der Waals surface area contributed by atoms with Crippen LogP contribution in [0.2, 0.25) is 0 Å². The Bertz CT molecular complexity index is 1370. The van der Waals surface area contributed by atoms with Gasteiger partial charge in [0.2, 0.25) is 17.7 Å². The number of likely N-dealkylation sites (tertiary alicyclic amines) is 1. The predicted octanol–water partition coefficient (Wildman–Crippen LogP) is 5.56. The summed E-state index contributed by atoms with van der Waals surface area (Å²) < 4.78 is 0. The molecule has 3 atom stereocenters. The topological polar surface area (TPSA) is 107 Å². The van der Waals surface area contributed by atoms with Crippen LogP contribution in [0.1, 0.15) is 56.7 Å². The average molecular weight is 657 g/mol. The molecule has 8 nitrogen and oxygen atoms in total. The molecule has 1 aliphatic rings. The van der Waals surface area contributed by atoms with E-state index in [1.54, 1.807) is 32.0 Å². The van der Waals surface area contributed by atoms with E-state index in [2.05, 4.69) is 38.1 Å². The summed E-state index contributed by atoms with van der Waals surface area (Å²) in [4.78, 5) is 43.9. The van der Waals surface area contributed by atoms with Crippen LogP contribution in [0.5, 0.6) is 0 Å². The highest BCUT2D eigenvalue weighted by Gasteiger charge is 2.35. The van der Waals surface area contributed by atoms with E-state index in [9.17, 15) is 19.5 Å². The number of β-amino-alcohol motifs (C(OH)–C–C–N with tert-alkyl or cyclic N) is 1. The van der Waals surface area contributed by atoms with E-state index in [4.69, 9.17) is 5.73 Å². The lowest BCUT2D eigenvalue weighted by Gasteiger charge is -2.37. The van der Waals surface area contributed by atoms with E-state index in [0.717, 1.165) is 12.0 Å². The summed E-state index contributed by atoms with van der Waals surface area (Å²) in [5, 5.41) is 10.1. The zero-order valence-corrected chi connectivity index (χ0v) is 29.9. The number of hydrogen-bond acceptors (Lipinski definition) is 5. The predicted molar refractivity (Wildman–Crippen MR) is 195 cm³/mol. The van der Waals surface area contributed by atoms with Crippen LogP contribution in [0.4, 0.5) is 0 Å². The molecule has 4 rings (SSSR count). The summed E-state index contributed by atoms with van der Waals surface area (Å²) in [7, 11) is 3.18. The van der Waals surface area contributed by atoms with Gasteiger partial charge < -0.3 is 25.5 Å². The zero-order valence-electron chi connectivity index (χ0n) is 29.9. The summed E-state index contributed by atoms with van der Waals surface area (Å²) in [5.74, 6) is -0.816. The Balaban J connectivity index is 0.000000464. The van der Waals surface area contributed by atoms with Gasteiger partial charge in [-0.25, -0.2) is 0 Å². The lowest BCUT2D eigenvalue weighted by atomic mass is 10.0. The van der Waals surface area contributed by atoms with Gasteiger partial charge in [0, 0.05) is 39.1 Å². The van der Waals surface area contributed by atoms with E-state index in [1.165, 1.54) is 27.0 Å². The van der Waals surface area contributed by atoms with Crippen molar-refractivity contribution < 1.29 is 19.5 Å². The van der Waals surface area contributed by atoms with E-state index >= 15 is 0 Å². The minimum Gasteiger partial charge on any atom is -0.391 e. The number of rotatable bonds is 9. The van der Waals surface area contributed by atoms with Crippen molar-refractivity contribution in [2.75, 3.05) is 27.2 Å². The maximum atomic E-state index is 13.5. The molecule has 1 unspecified atom stereocenters. The first-order valence-electron chi connectivity index (χ1n) is 16.7. The zero-order chi connectivity index (χ0) is 35.7. The molecule has 0 aliphatic carbocycles. The Morgan fingerprint density at radius 3 is 1.83 bits per heavy atom. The van der Waals surface area contributed by atoms with Gasteiger partial charge >= 0.3 is 0 Å². The number of aliphatic hydroxyl groups is 1. The molecule has 0 spiro atoms. The third kappa shape index (κ3) is 14.7. The van der Waals surface area contributed by atoms with E-state index in [0.29, 0.717) is 25.8 Å². The molecule has 1 heterocycles. The number of carbonyl (C=O) groups is 3. The van der Waals surface area contributed by atoms with Crippen LogP contribution in [0.15, 0.2) is 103 Å². The molecule has 3 amide bonds. The first kappa shape index (κ1) is 39.9. The molecule has 260 valence electrons. The van der Waals surface area contributed by atoms with Crippen LogP contribution < -0.4 is 5.73 Å². The fourth-order valence-corrected chi connectivity index (χ4v) is 5.05. The number of carbonyl (C=O) groups excluding carboxylic acids is 3. The number of piperidine rings is 1. The summed E-state index contributed by atoms with van der Waals surface area (Å²) in [5.41, 5.74) is 9.10. The number of amides is 3. The second-order valence-electron chi connectivity index (χ2n) is 13.3. The van der Waals surface area contributed by atoms with Gasteiger partial charge in [0.05, 0.1) is 6.10 Å². The fraction of sp³-hybridized carbons (Fsp3) is 0.425. The second kappa shape index (κ2) is 20.2. The second-order valence-corrected chi connectivity index (χ2v) is 13.3. The molecule has 1 fully saturated rings. The molecule has 0 radical (unpaired) electrons. The van der Waals surface area contributed by atoms with Gasteiger partial charge in [0.1, 0.15) is 12.1 Å². The van der Waals surface area contributed by atoms with E-state index < -0.39 is 23.7 Å². The number of nitrogens with zero attached hydrogens (tertiary/aromatic N) is 3. The third-order valence-corrected chi connectivity index (χ3v) is 8.15. The van der Waals surface area contributed by atoms with Crippen LogP contribution in [-0.4, -0.2) is 88.4 Å². The highest BCUT2D eigenvalue weighted by atomic mass is 16.3. The lowest BCUT2D eigenvalue weighted by molar-refractivity contribution is -0.150. The van der Waals surface area contributed by atoms with Crippen LogP contribution in [0, 0.1) is 13.8 Å². The Morgan fingerprint density at radius 1 is 0.896 bits per heavy atom. The molecule has 1 saturated heterocycles. The normalized spacial score (nSPS) is 15.6. The van der Waals surface area contributed by atoms with Crippen molar-refractivity contribution in [1.82, 2.24) is 14.7 Å². The van der Waals surface area contributed by atoms with Crippen LogP contribution in [-0.2, 0) is 20.8 Å². The Hall–Kier alpha value is -4.27. The number of hydrogen-bond donors (Lipinski definition) is 2. The molecular weight excluding hydrogens is 600 g/mol. The first-order valence-corrected chi connectivity index (χ1v) is 16.7. The van der Waals surface area contributed by atoms with Crippen molar-refractivity contribution in [2.45, 2.75) is 84.0 Å². The van der Waals surface area contributed by atoms with Gasteiger partial charge in [0.25, 0.3) is 0 Å². The molecule has 8 heteroatoms. The molecule has 3 aromatic rings. The van der Waals surface area contributed by atoms with Gasteiger partial charge in [-0.2, -0.15) is 0 Å². The maximum Gasteiger partial charge on any atom is 0.246 e. The van der Waals surface area contributed by atoms with Crippen molar-refractivity contribution in [3.8, 4) is 0 Å². The molecule has 3 aromatic carbocycles. The van der Waals surface area contributed by atoms with Gasteiger partial charge in [-0.3, -0.25) is 14.4 Å². The number of likely N-dealkylation sites (N-methyl/N-ethyl adjacent to an activating group) is 2. The quantitative estimate of drug-likeness (QED) is 0.294. The lowest BCUT2D eigenvalue weighted by Crippen LogP contribution is -2.56. The molecular formula is C40H56N4O4. The minimum absolute atomic E-state index is 0.190. The number of nitrogens with two attached hydrogens (primary N) is 1. The summed E-state index contributed by atoms with van der Waals surface area (Å²) in [6.07, 6.45) is 4.87. The van der Waals surface area contributed by atoms with Crippen LogP contribution in [0.25, 0.3) is 0 Å². The molecule has 0 bridgehead atoms.